The van der Waals surface area contributed by atoms with Gasteiger partial charge in [0.15, 0.2) is 0 Å². The Morgan fingerprint density at radius 1 is 1.10 bits per heavy atom. The molecule has 7 nitrogen and oxygen atoms in total. The first-order valence-corrected chi connectivity index (χ1v) is 10.3. The van der Waals surface area contributed by atoms with Gasteiger partial charge in [-0.05, 0) is 45.2 Å². The lowest BCUT2D eigenvalue weighted by Gasteiger charge is -2.22. The standard InChI is InChI=1S/C11H25N3O4S2/c1-2-19(15,16)14-8-9-20(17,18)13-7-5-11-4-3-6-12-10-11/h11-14H,2-10H2,1H3. The zero-order valence-corrected chi connectivity index (χ0v) is 13.5. The smallest absolute Gasteiger partial charge is 0.212 e. The molecule has 120 valence electrons. The van der Waals surface area contributed by atoms with Gasteiger partial charge in [-0.1, -0.05) is 0 Å². The van der Waals surface area contributed by atoms with E-state index in [-0.39, 0.29) is 18.1 Å². The second-order valence-corrected chi connectivity index (χ2v) is 9.03. The van der Waals surface area contributed by atoms with Crippen LogP contribution in [0, 0.1) is 5.92 Å². The Bertz CT molecular complexity index is 470. The number of hydrogen-bond donors (Lipinski definition) is 3. The zero-order chi connectivity index (χ0) is 15.1. The van der Waals surface area contributed by atoms with Crippen LogP contribution in [0.3, 0.4) is 0 Å². The predicted octanol–water partition coefficient (Wildman–Crippen LogP) is -0.765. The molecule has 0 aromatic heterocycles. The van der Waals surface area contributed by atoms with Crippen molar-refractivity contribution >= 4 is 20.0 Å². The number of rotatable bonds is 9. The third-order valence-corrected chi connectivity index (χ3v) is 6.14. The van der Waals surface area contributed by atoms with Gasteiger partial charge >= 0.3 is 0 Å². The van der Waals surface area contributed by atoms with Crippen LogP contribution in [-0.2, 0) is 20.0 Å². The summed E-state index contributed by atoms with van der Waals surface area (Å²) in [5.41, 5.74) is 0. The third-order valence-electron chi connectivity index (χ3n) is 3.35. The average molecular weight is 327 g/mol. The molecule has 0 aliphatic carbocycles. The number of sulfonamides is 2. The molecule has 0 saturated carbocycles. The summed E-state index contributed by atoms with van der Waals surface area (Å²) in [5.74, 6) is 0.245. The summed E-state index contributed by atoms with van der Waals surface area (Å²) in [4.78, 5) is 0. The molecule has 1 saturated heterocycles. The van der Waals surface area contributed by atoms with Crippen LogP contribution < -0.4 is 14.8 Å². The molecule has 1 rings (SSSR count). The van der Waals surface area contributed by atoms with Gasteiger partial charge in [-0.2, -0.15) is 0 Å². The van der Waals surface area contributed by atoms with Crippen molar-refractivity contribution in [2.24, 2.45) is 5.92 Å². The molecule has 20 heavy (non-hydrogen) atoms. The lowest BCUT2D eigenvalue weighted by Crippen LogP contribution is -2.37. The van der Waals surface area contributed by atoms with Crippen LogP contribution in [0.4, 0.5) is 0 Å². The molecule has 1 fully saturated rings. The Morgan fingerprint density at radius 2 is 1.80 bits per heavy atom. The quantitative estimate of drug-likeness (QED) is 0.516. The molecule has 1 heterocycles. The van der Waals surface area contributed by atoms with Gasteiger partial charge < -0.3 is 5.32 Å². The molecule has 1 unspecified atom stereocenters. The van der Waals surface area contributed by atoms with E-state index in [1.807, 2.05) is 0 Å². The van der Waals surface area contributed by atoms with Gasteiger partial charge in [0.05, 0.1) is 11.5 Å². The Morgan fingerprint density at radius 3 is 2.40 bits per heavy atom. The van der Waals surface area contributed by atoms with Crippen molar-refractivity contribution in [1.29, 1.82) is 0 Å². The fourth-order valence-electron chi connectivity index (χ4n) is 2.09. The second kappa shape index (κ2) is 8.28. The molecule has 0 aromatic carbocycles. The maximum atomic E-state index is 11.7. The van der Waals surface area contributed by atoms with Crippen molar-refractivity contribution in [3.8, 4) is 0 Å². The minimum absolute atomic E-state index is 0.0465. The van der Waals surface area contributed by atoms with E-state index in [1.54, 1.807) is 0 Å². The second-order valence-electron chi connectivity index (χ2n) is 5.01. The highest BCUT2D eigenvalue weighted by atomic mass is 32.2. The van der Waals surface area contributed by atoms with Gasteiger partial charge in [-0.25, -0.2) is 26.3 Å². The summed E-state index contributed by atoms with van der Waals surface area (Å²) in [7, 11) is -6.74. The third kappa shape index (κ3) is 7.53. The molecule has 0 bridgehead atoms. The van der Waals surface area contributed by atoms with Gasteiger partial charge in [-0.3, -0.25) is 0 Å². The minimum atomic E-state index is -3.41. The number of piperidine rings is 1. The molecule has 9 heteroatoms. The topological polar surface area (TPSA) is 104 Å². The monoisotopic (exact) mass is 327 g/mol. The first-order valence-electron chi connectivity index (χ1n) is 7.00. The van der Waals surface area contributed by atoms with E-state index < -0.39 is 20.0 Å². The summed E-state index contributed by atoms with van der Waals surface area (Å²) in [6, 6.07) is 0. The van der Waals surface area contributed by atoms with Crippen LogP contribution in [0.1, 0.15) is 26.2 Å². The molecular formula is C11H25N3O4S2. The van der Waals surface area contributed by atoms with Crippen molar-refractivity contribution < 1.29 is 16.8 Å². The van der Waals surface area contributed by atoms with Gasteiger partial charge in [-0.15, -0.1) is 0 Å². The molecule has 0 amide bonds. The minimum Gasteiger partial charge on any atom is -0.316 e. The van der Waals surface area contributed by atoms with E-state index in [2.05, 4.69) is 14.8 Å². The van der Waals surface area contributed by atoms with Crippen LogP contribution in [-0.4, -0.2) is 54.5 Å². The molecule has 0 radical (unpaired) electrons. The zero-order valence-electron chi connectivity index (χ0n) is 11.9. The number of nitrogens with one attached hydrogen (secondary N) is 3. The molecule has 0 aromatic rings. The van der Waals surface area contributed by atoms with Crippen molar-refractivity contribution in [3.05, 3.63) is 0 Å². The predicted molar refractivity (Wildman–Crippen MR) is 79.5 cm³/mol. The highest BCUT2D eigenvalue weighted by Gasteiger charge is 2.15. The molecule has 1 atom stereocenters. The van der Waals surface area contributed by atoms with Crippen molar-refractivity contribution in [2.75, 3.05) is 37.7 Å². The number of hydrogen-bond acceptors (Lipinski definition) is 5. The van der Waals surface area contributed by atoms with E-state index in [9.17, 15) is 16.8 Å². The SMILES string of the molecule is CCS(=O)(=O)NCCS(=O)(=O)NCCC1CCCNC1. The molecule has 3 N–H and O–H groups in total. The Hall–Kier alpha value is -0.220. The molecule has 1 aliphatic rings. The van der Waals surface area contributed by atoms with Crippen LogP contribution >= 0.6 is 0 Å². The summed E-state index contributed by atoms with van der Waals surface area (Å²) < 4.78 is 50.5. The van der Waals surface area contributed by atoms with Crippen LogP contribution in [0.5, 0.6) is 0 Å². The largest absolute Gasteiger partial charge is 0.316 e. The van der Waals surface area contributed by atoms with E-state index in [1.165, 1.54) is 6.92 Å². The van der Waals surface area contributed by atoms with Gasteiger partial charge in [0.1, 0.15) is 0 Å². The Labute approximate surface area is 122 Å². The van der Waals surface area contributed by atoms with Crippen LogP contribution in [0.25, 0.3) is 0 Å². The summed E-state index contributed by atoms with van der Waals surface area (Å²) in [5, 5.41) is 3.29. The fourth-order valence-corrected chi connectivity index (χ4v) is 3.79. The Balaban J connectivity index is 2.20. The molecular weight excluding hydrogens is 302 g/mol. The van der Waals surface area contributed by atoms with E-state index in [0.717, 1.165) is 32.4 Å². The van der Waals surface area contributed by atoms with Gasteiger partial charge in [0, 0.05) is 13.1 Å². The lowest BCUT2D eigenvalue weighted by atomic mass is 9.96. The van der Waals surface area contributed by atoms with Crippen molar-refractivity contribution in [1.82, 2.24) is 14.8 Å². The van der Waals surface area contributed by atoms with E-state index in [4.69, 9.17) is 0 Å². The van der Waals surface area contributed by atoms with E-state index in [0.29, 0.717) is 12.5 Å². The van der Waals surface area contributed by atoms with Gasteiger partial charge in [0.2, 0.25) is 20.0 Å². The summed E-state index contributed by atoms with van der Waals surface area (Å²) in [6.07, 6.45) is 3.08. The van der Waals surface area contributed by atoms with Crippen LogP contribution in [0.15, 0.2) is 0 Å². The maximum absolute atomic E-state index is 11.7. The normalized spacial score (nSPS) is 20.9. The lowest BCUT2D eigenvalue weighted by molar-refractivity contribution is 0.358. The highest BCUT2D eigenvalue weighted by molar-refractivity contribution is 7.90. The van der Waals surface area contributed by atoms with Crippen LogP contribution in [0.2, 0.25) is 0 Å². The maximum Gasteiger partial charge on any atom is 0.212 e. The highest BCUT2D eigenvalue weighted by Crippen LogP contribution is 2.12. The first-order chi connectivity index (χ1) is 9.35. The average Bonchev–Trinajstić information content (AvgIpc) is 2.39. The van der Waals surface area contributed by atoms with Crippen molar-refractivity contribution in [3.63, 3.8) is 0 Å². The van der Waals surface area contributed by atoms with Crippen molar-refractivity contribution in [2.45, 2.75) is 26.2 Å². The summed E-state index contributed by atoms with van der Waals surface area (Å²) in [6.45, 7) is 3.82. The fraction of sp³-hybridized carbons (Fsp3) is 1.00. The van der Waals surface area contributed by atoms with E-state index >= 15 is 0 Å². The molecule has 0 spiro atoms. The first kappa shape index (κ1) is 17.8. The molecule has 1 aliphatic heterocycles. The Kier molecular flexibility index (Phi) is 7.38. The summed E-state index contributed by atoms with van der Waals surface area (Å²) >= 11 is 0. The van der Waals surface area contributed by atoms with Gasteiger partial charge in [0.25, 0.3) is 0 Å².